The molecule has 2 unspecified atom stereocenters. The summed E-state index contributed by atoms with van der Waals surface area (Å²) in [6.45, 7) is 2.22. The maximum atomic E-state index is 5.14. The minimum Gasteiger partial charge on any atom is -0.344 e. The van der Waals surface area contributed by atoms with Crippen LogP contribution in [0.1, 0.15) is 30.6 Å². The molecule has 0 fully saturated rings. The Kier molecular flexibility index (Phi) is 5.90. The summed E-state index contributed by atoms with van der Waals surface area (Å²) in [4.78, 5) is 10.3. The Balaban J connectivity index is 1.17. The van der Waals surface area contributed by atoms with E-state index in [1.807, 2.05) is 17.4 Å². The number of hydrogen-bond donors (Lipinski definition) is 1. The van der Waals surface area contributed by atoms with Gasteiger partial charge in [0.2, 0.25) is 0 Å². The van der Waals surface area contributed by atoms with Crippen LogP contribution in [-0.4, -0.2) is 16.2 Å². The number of thiophene rings is 1. The number of nitrogens with zero attached hydrogens (tertiary/aromatic N) is 3. The highest BCUT2D eigenvalue weighted by atomic mass is 32.1. The molecule has 7 aromatic rings. The van der Waals surface area contributed by atoms with Crippen LogP contribution in [0.2, 0.25) is 0 Å². The van der Waals surface area contributed by atoms with Crippen LogP contribution in [0.15, 0.2) is 150 Å². The smallest absolute Gasteiger partial charge is 0.147 e. The van der Waals surface area contributed by atoms with Crippen molar-refractivity contribution in [1.82, 2.24) is 9.88 Å². The molecule has 0 spiro atoms. The Morgan fingerprint density at radius 1 is 0.733 bits per heavy atom. The van der Waals surface area contributed by atoms with Gasteiger partial charge in [0.25, 0.3) is 0 Å². The summed E-state index contributed by atoms with van der Waals surface area (Å²) in [5.41, 5.74) is 5.46. The van der Waals surface area contributed by atoms with Crippen LogP contribution in [0.25, 0.3) is 47.7 Å². The normalized spacial score (nSPS) is 19.7. The Bertz CT molecular complexity index is 2390. The molecule has 1 aliphatic carbocycles. The highest BCUT2D eigenvalue weighted by molar-refractivity contribution is 7.26. The van der Waals surface area contributed by atoms with Crippen LogP contribution >= 0.6 is 11.3 Å². The predicted molar refractivity (Wildman–Crippen MR) is 191 cm³/mol. The molecule has 45 heavy (non-hydrogen) atoms. The van der Waals surface area contributed by atoms with Gasteiger partial charge in [-0.1, -0.05) is 91.0 Å². The molecule has 0 bridgehead atoms. The number of para-hydroxylation sites is 1. The maximum absolute atomic E-state index is 5.14. The van der Waals surface area contributed by atoms with Crippen molar-refractivity contribution < 1.29 is 0 Å². The Morgan fingerprint density at radius 3 is 2.33 bits per heavy atom. The molecule has 0 saturated heterocycles. The molecule has 0 radical (unpaired) electrons. The molecule has 1 N–H and O–H groups in total. The van der Waals surface area contributed by atoms with Gasteiger partial charge in [0, 0.05) is 47.6 Å². The van der Waals surface area contributed by atoms with Gasteiger partial charge >= 0.3 is 0 Å². The first-order valence-electron chi connectivity index (χ1n) is 15.4. The third kappa shape index (κ3) is 4.19. The fraction of sp³-hybridized carbons (Fsp3) is 0.100. The van der Waals surface area contributed by atoms with Gasteiger partial charge < -0.3 is 9.88 Å². The van der Waals surface area contributed by atoms with E-state index in [2.05, 4.69) is 150 Å². The summed E-state index contributed by atoms with van der Waals surface area (Å²) in [5, 5.41) is 8.90. The minimum absolute atomic E-state index is 0.204. The molecule has 0 amide bonds. The molecule has 4 nitrogen and oxygen atoms in total. The first kappa shape index (κ1) is 26.2. The van der Waals surface area contributed by atoms with E-state index in [4.69, 9.17) is 9.98 Å². The van der Waals surface area contributed by atoms with Crippen molar-refractivity contribution >= 4 is 65.0 Å². The van der Waals surface area contributed by atoms with Gasteiger partial charge in [0.05, 0.1) is 11.0 Å². The average molecular weight is 599 g/mol. The van der Waals surface area contributed by atoms with Crippen molar-refractivity contribution in [3.63, 3.8) is 0 Å². The first-order valence-corrected chi connectivity index (χ1v) is 16.2. The van der Waals surface area contributed by atoms with E-state index in [1.165, 1.54) is 42.0 Å². The first-order chi connectivity index (χ1) is 22.2. The van der Waals surface area contributed by atoms with Crippen LogP contribution in [0.3, 0.4) is 0 Å². The lowest BCUT2D eigenvalue weighted by Crippen LogP contribution is -2.38. The zero-order valence-electron chi connectivity index (χ0n) is 24.8. The van der Waals surface area contributed by atoms with Gasteiger partial charge in [0.15, 0.2) is 0 Å². The largest absolute Gasteiger partial charge is 0.344 e. The Labute approximate surface area is 265 Å². The van der Waals surface area contributed by atoms with Crippen molar-refractivity contribution in [2.45, 2.75) is 19.5 Å². The van der Waals surface area contributed by atoms with Gasteiger partial charge in [-0.3, -0.25) is 0 Å². The van der Waals surface area contributed by atoms with E-state index in [0.29, 0.717) is 0 Å². The van der Waals surface area contributed by atoms with Gasteiger partial charge in [-0.05, 0) is 67.4 Å². The lowest BCUT2D eigenvalue weighted by Gasteiger charge is -2.31. The number of amidine groups is 2. The maximum Gasteiger partial charge on any atom is 0.147 e. The van der Waals surface area contributed by atoms with Crippen molar-refractivity contribution in [3.05, 3.63) is 151 Å². The molecule has 2 atom stereocenters. The minimum atomic E-state index is -0.255. The van der Waals surface area contributed by atoms with Crippen LogP contribution < -0.4 is 5.32 Å². The second kappa shape index (κ2) is 10.1. The molecule has 216 valence electrons. The fourth-order valence-electron chi connectivity index (χ4n) is 6.88. The van der Waals surface area contributed by atoms with Crippen molar-refractivity contribution in [1.29, 1.82) is 0 Å². The average Bonchev–Trinajstić information content (AvgIpc) is 3.64. The number of benzene rings is 5. The number of fused-ring (bicyclic) bond motifs is 7. The number of allylic oxidation sites excluding steroid dienone is 3. The number of aliphatic imine (C=N–C) groups is 2. The second-order valence-electron chi connectivity index (χ2n) is 12.1. The van der Waals surface area contributed by atoms with Gasteiger partial charge in [0.1, 0.15) is 17.8 Å². The van der Waals surface area contributed by atoms with Gasteiger partial charge in [-0.15, -0.1) is 11.3 Å². The summed E-state index contributed by atoms with van der Waals surface area (Å²) in [6, 6.07) is 41.3. The van der Waals surface area contributed by atoms with E-state index in [-0.39, 0.29) is 11.6 Å². The van der Waals surface area contributed by atoms with E-state index < -0.39 is 0 Å². The molecule has 3 heterocycles. The molecule has 9 rings (SSSR count). The van der Waals surface area contributed by atoms with E-state index in [0.717, 1.165) is 34.9 Å². The molecule has 1 aliphatic heterocycles. The summed E-state index contributed by atoms with van der Waals surface area (Å²) in [7, 11) is 0. The third-order valence-corrected chi connectivity index (χ3v) is 10.3. The SMILES string of the molecule is CC1(C2=NC(c3ccccc3)NC(c3ccc(-n4c5ccccc5c5c6c(ccc54)sc4ccccc46)cc3)=N2)C=CC=CC1. The van der Waals surface area contributed by atoms with Crippen LogP contribution in [0.4, 0.5) is 0 Å². The molecule has 5 heteroatoms. The van der Waals surface area contributed by atoms with E-state index in [1.54, 1.807) is 0 Å². The fourth-order valence-corrected chi connectivity index (χ4v) is 8.00. The van der Waals surface area contributed by atoms with Crippen LogP contribution in [0.5, 0.6) is 0 Å². The number of hydrogen-bond acceptors (Lipinski definition) is 4. The number of nitrogens with one attached hydrogen (secondary N) is 1. The molecule has 0 saturated carbocycles. The lowest BCUT2D eigenvalue weighted by molar-refractivity contribution is 0.568. The summed E-state index contributed by atoms with van der Waals surface area (Å²) >= 11 is 1.87. The highest BCUT2D eigenvalue weighted by Crippen LogP contribution is 2.43. The molecule has 2 aliphatic rings. The van der Waals surface area contributed by atoms with E-state index >= 15 is 0 Å². The lowest BCUT2D eigenvalue weighted by atomic mass is 9.82. The second-order valence-corrected chi connectivity index (χ2v) is 13.2. The van der Waals surface area contributed by atoms with Crippen molar-refractivity contribution in [2.24, 2.45) is 15.4 Å². The van der Waals surface area contributed by atoms with Crippen molar-refractivity contribution in [2.75, 3.05) is 0 Å². The predicted octanol–water partition coefficient (Wildman–Crippen LogP) is 10.1. The van der Waals surface area contributed by atoms with Crippen molar-refractivity contribution in [3.8, 4) is 5.69 Å². The molecular formula is C40H30N4S. The van der Waals surface area contributed by atoms with E-state index in [9.17, 15) is 0 Å². The van der Waals surface area contributed by atoms with Gasteiger partial charge in [-0.2, -0.15) is 0 Å². The zero-order chi connectivity index (χ0) is 30.0. The quantitative estimate of drug-likeness (QED) is 0.215. The standard InChI is InChI=1S/C40H30N4S/c1-40(24-10-3-11-25-40)39-42-37(26-12-4-2-5-13-26)41-38(43-39)27-18-20-28(21-19-27)44-31-16-8-6-14-29(31)35-32(44)22-23-34-36(35)30-15-7-9-17-33(30)45-34/h2-24,37H,25H2,1H3,(H,41,42,43). The van der Waals surface area contributed by atoms with Gasteiger partial charge in [-0.25, -0.2) is 9.98 Å². The monoisotopic (exact) mass is 598 g/mol. The highest BCUT2D eigenvalue weighted by Gasteiger charge is 2.32. The Hall–Kier alpha value is -5.26. The third-order valence-electron chi connectivity index (χ3n) is 9.20. The summed E-state index contributed by atoms with van der Waals surface area (Å²) in [5.74, 6) is 1.70. The molecule has 2 aromatic heterocycles. The zero-order valence-corrected chi connectivity index (χ0v) is 25.6. The molecule has 5 aromatic carbocycles. The topological polar surface area (TPSA) is 41.7 Å². The Morgan fingerprint density at radius 2 is 1.51 bits per heavy atom. The van der Waals surface area contributed by atoms with Crippen LogP contribution in [-0.2, 0) is 0 Å². The molecular weight excluding hydrogens is 569 g/mol. The van der Waals surface area contributed by atoms with Crippen LogP contribution in [0, 0.1) is 5.41 Å². The summed E-state index contributed by atoms with van der Waals surface area (Å²) < 4.78 is 5.05. The summed E-state index contributed by atoms with van der Waals surface area (Å²) in [6.07, 6.45) is 9.30. The number of rotatable bonds is 4. The number of aromatic nitrogens is 1.